The molecule has 1 N–H and O–H groups in total. The predicted molar refractivity (Wildman–Crippen MR) is 34.2 cm³/mol. The van der Waals surface area contributed by atoms with Gasteiger partial charge in [-0.1, -0.05) is 0 Å². The summed E-state index contributed by atoms with van der Waals surface area (Å²) in [5, 5.41) is 0. The van der Waals surface area contributed by atoms with Crippen LogP contribution in [0.4, 0.5) is 30.7 Å². The molecule has 0 aliphatic rings. The molecule has 0 saturated carbocycles. The third-order valence-electron chi connectivity index (χ3n) is 0.676. The maximum Gasteiger partial charge on any atom is 0.522 e. The fourth-order valence-corrected chi connectivity index (χ4v) is 0. The van der Waals surface area contributed by atoms with Crippen molar-refractivity contribution >= 4 is 10.1 Å². The molecule has 3 nitrogen and oxygen atoms in total. The van der Waals surface area contributed by atoms with E-state index in [-0.39, 0.29) is 6.92 Å². The Labute approximate surface area is 79.6 Å². The number of hydrogen-bond donors (Lipinski definition) is 1. The molecule has 0 bridgehead atoms. The van der Waals surface area contributed by atoms with E-state index < -0.39 is 28.0 Å². The van der Waals surface area contributed by atoms with E-state index in [1.54, 1.807) is 0 Å². The van der Waals surface area contributed by atoms with Gasteiger partial charge in [-0.05, 0) is 0 Å². The van der Waals surface area contributed by atoms with Crippen molar-refractivity contribution in [2.45, 2.75) is 24.8 Å². The minimum atomic E-state index is -5.84. The molecule has 0 atom stereocenters. The van der Waals surface area contributed by atoms with Gasteiger partial charge in [0.05, 0.1) is 0 Å². The molecule has 0 radical (unpaired) electrons. The Kier molecular flexibility index (Phi) is 5.57. The molecule has 94 valence electrons. The molecule has 0 aromatic carbocycles. The summed E-state index contributed by atoms with van der Waals surface area (Å²) in [6.07, 6.45) is -3.53. The zero-order valence-electron chi connectivity index (χ0n) is 6.90. The summed E-state index contributed by atoms with van der Waals surface area (Å²) in [7, 11) is -5.84. The summed E-state index contributed by atoms with van der Waals surface area (Å²) in [6.45, 7) is 0.178. The molecular weight excluding hydrogens is 261 g/mol. The predicted octanol–water partition coefficient (Wildman–Crippen LogP) is 2.30. The highest BCUT2D eigenvalue weighted by molar-refractivity contribution is 7.86. The Morgan fingerprint density at radius 3 is 1.20 bits per heavy atom. The van der Waals surface area contributed by atoms with Crippen LogP contribution in [0.15, 0.2) is 0 Å². The van der Waals surface area contributed by atoms with Crippen molar-refractivity contribution < 1.29 is 43.7 Å². The van der Waals surface area contributed by atoms with E-state index >= 15 is 0 Å². The second-order valence-electron chi connectivity index (χ2n) is 2.18. The van der Waals surface area contributed by atoms with E-state index in [9.17, 15) is 30.7 Å². The molecule has 0 saturated heterocycles. The fraction of sp³-hybridized carbons (Fsp3) is 1.00. The van der Waals surface area contributed by atoms with Crippen molar-refractivity contribution in [1.82, 2.24) is 0 Å². The molecular formula is C4H5F7O3S. The van der Waals surface area contributed by atoms with E-state index in [2.05, 4.69) is 0 Å². The van der Waals surface area contributed by atoms with Gasteiger partial charge in [-0.25, -0.2) is 17.6 Å². The first-order valence-electron chi connectivity index (χ1n) is 2.89. The molecule has 0 aromatic heterocycles. The van der Waals surface area contributed by atoms with E-state index in [1.807, 2.05) is 0 Å². The minimum Gasteiger partial charge on any atom is -0.279 e. The molecule has 0 spiro atoms. The van der Waals surface area contributed by atoms with E-state index in [0.29, 0.717) is 0 Å². The van der Waals surface area contributed by atoms with Gasteiger partial charge in [-0.3, -0.25) is 4.55 Å². The summed E-state index contributed by atoms with van der Waals surface area (Å²) in [5.41, 5.74) is -5.53. The van der Waals surface area contributed by atoms with Crippen LogP contribution in [0.2, 0.25) is 0 Å². The molecule has 0 rings (SSSR count). The molecule has 15 heavy (non-hydrogen) atoms. The SMILES string of the molecule is CC(F)(F)C(F)F.O=S(=O)(O)C(F)(F)F. The summed E-state index contributed by atoms with van der Waals surface area (Å²) in [6, 6.07) is 0. The second-order valence-corrected chi connectivity index (χ2v) is 3.59. The average molecular weight is 266 g/mol. The molecule has 0 aliphatic carbocycles. The fourth-order valence-electron chi connectivity index (χ4n) is 0. The van der Waals surface area contributed by atoms with Crippen molar-refractivity contribution in [2.75, 3.05) is 0 Å². The third-order valence-corrected chi connectivity index (χ3v) is 1.26. The van der Waals surface area contributed by atoms with Crippen molar-refractivity contribution in [2.24, 2.45) is 0 Å². The molecule has 0 amide bonds. The number of rotatable bonds is 1. The van der Waals surface area contributed by atoms with Crippen molar-refractivity contribution in [3.63, 3.8) is 0 Å². The Bertz CT molecular complexity index is 274. The number of halogens is 7. The first-order valence-corrected chi connectivity index (χ1v) is 4.33. The van der Waals surface area contributed by atoms with Crippen LogP contribution < -0.4 is 0 Å². The van der Waals surface area contributed by atoms with Crippen molar-refractivity contribution in [1.29, 1.82) is 0 Å². The van der Waals surface area contributed by atoms with Crippen LogP contribution in [0.1, 0.15) is 6.92 Å². The zero-order chi connectivity index (χ0) is 13.1. The van der Waals surface area contributed by atoms with Gasteiger partial charge < -0.3 is 0 Å². The molecule has 0 heterocycles. The van der Waals surface area contributed by atoms with Crippen LogP contribution in [-0.2, 0) is 10.1 Å². The summed E-state index contributed by atoms with van der Waals surface area (Å²) in [5.74, 6) is -3.83. The highest BCUT2D eigenvalue weighted by Gasteiger charge is 2.44. The van der Waals surface area contributed by atoms with Gasteiger partial charge in [0.15, 0.2) is 0 Å². The lowest BCUT2D eigenvalue weighted by Gasteiger charge is -2.05. The lowest BCUT2D eigenvalue weighted by molar-refractivity contribution is -0.113. The van der Waals surface area contributed by atoms with Crippen LogP contribution in [0.25, 0.3) is 0 Å². The summed E-state index contributed by atoms with van der Waals surface area (Å²) in [4.78, 5) is 0. The average Bonchev–Trinajstić information content (AvgIpc) is 1.80. The lowest BCUT2D eigenvalue weighted by Crippen LogP contribution is -2.21. The van der Waals surface area contributed by atoms with Crippen LogP contribution in [-0.4, -0.2) is 30.8 Å². The maximum atomic E-state index is 11.1. The van der Waals surface area contributed by atoms with Gasteiger partial charge in [0, 0.05) is 6.92 Å². The molecule has 0 aromatic rings. The monoisotopic (exact) mass is 266 g/mol. The van der Waals surface area contributed by atoms with Crippen molar-refractivity contribution in [3.8, 4) is 0 Å². The Hall–Kier alpha value is -0.580. The quantitative estimate of drug-likeness (QED) is 0.450. The highest BCUT2D eigenvalue weighted by atomic mass is 32.2. The third kappa shape index (κ3) is 8.42. The van der Waals surface area contributed by atoms with E-state index in [4.69, 9.17) is 13.0 Å². The van der Waals surface area contributed by atoms with Gasteiger partial charge >= 0.3 is 28.0 Å². The summed E-state index contributed by atoms with van der Waals surface area (Å²) >= 11 is 0. The van der Waals surface area contributed by atoms with Crippen molar-refractivity contribution in [3.05, 3.63) is 0 Å². The number of alkyl halides is 7. The van der Waals surface area contributed by atoms with E-state index in [0.717, 1.165) is 0 Å². The smallest absolute Gasteiger partial charge is 0.279 e. The largest absolute Gasteiger partial charge is 0.522 e. The lowest BCUT2D eigenvalue weighted by atomic mass is 10.4. The first-order chi connectivity index (χ1) is 6.19. The van der Waals surface area contributed by atoms with Gasteiger partial charge in [0.25, 0.3) is 0 Å². The minimum absolute atomic E-state index is 0.178. The van der Waals surface area contributed by atoms with Crippen LogP contribution >= 0.6 is 0 Å². The maximum absolute atomic E-state index is 11.1. The zero-order valence-corrected chi connectivity index (χ0v) is 7.71. The Balaban J connectivity index is 0. The van der Waals surface area contributed by atoms with Gasteiger partial charge in [0.1, 0.15) is 0 Å². The normalized spacial score (nSPS) is 13.5. The van der Waals surface area contributed by atoms with E-state index in [1.165, 1.54) is 0 Å². The van der Waals surface area contributed by atoms with Gasteiger partial charge in [0.2, 0.25) is 0 Å². The molecule has 0 unspecified atom stereocenters. The topological polar surface area (TPSA) is 54.4 Å². The van der Waals surface area contributed by atoms with Crippen LogP contribution in [0.3, 0.4) is 0 Å². The van der Waals surface area contributed by atoms with Gasteiger partial charge in [-0.2, -0.15) is 21.6 Å². The standard InChI is InChI=1S/C3H4F4.CHF3O3S/c1-3(6,7)2(4)5;2-1(3,4)8(5,6)7/h2H,1H3;(H,5,6,7). The molecule has 0 fully saturated rings. The van der Waals surface area contributed by atoms with Crippen LogP contribution in [0, 0.1) is 0 Å². The molecule has 0 aliphatic heterocycles. The number of hydrogen-bond acceptors (Lipinski definition) is 2. The second kappa shape index (κ2) is 4.96. The Morgan fingerprint density at radius 2 is 1.20 bits per heavy atom. The van der Waals surface area contributed by atoms with Gasteiger partial charge in [-0.15, -0.1) is 0 Å². The van der Waals surface area contributed by atoms with Crippen LogP contribution in [0.5, 0.6) is 0 Å². The summed E-state index contributed by atoms with van der Waals surface area (Å²) < 4.78 is 101. The Morgan fingerprint density at radius 1 is 1.07 bits per heavy atom. The highest BCUT2D eigenvalue weighted by Crippen LogP contribution is 2.21. The first kappa shape index (κ1) is 16.8. The molecule has 11 heteroatoms.